The van der Waals surface area contributed by atoms with E-state index in [-0.39, 0.29) is 23.7 Å². The lowest BCUT2D eigenvalue weighted by Gasteiger charge is -2.18. The second kappa shape index (κ2) is 7.58. The average molecular weight is 383 g/mol. The van der Waals surface area contributed by atoms with Crippen molar-refractivity contribution >= 4 is 5.91 Å². The number of carbonyl (C=O) groups excluding carboxylic acids is 1. The zero-order valence-electron chi connectivity index (χ0n) is 15.6. The van der Waals surface area contributed by atoms with Crippen LogP contribution >= 0.6 is 0 Å². The Kier molecular flexibility index (Phi) is 4.98. The number of ether oxygens (including phenoxy) is 1. The van der Waals surface area contributed by atoms with Gasteiger partial charge in [-0.15, -0.1) is 0 Å². The molecule has 2 aliphatic carbocycles. The first-order valence-electron chi connectivity index (χ1n) is 9.40. The molecule has 1 fully saturated rings. The predicted molar refractivity (Wildman–Crippen MR) is 102 cm³/mol. The van der Waals surface area contributed by atoms with Crippen LogP contribution in [0.25, 0.3) is 11.3 Å². The van der Waals surface area contributed by atoms with E-state index in [4.69, 9.17) is 4.74 Å². The van der Waals surface area contributed by atoms with Crippen molar-refractivity contribution in [1.29, 1.82) is 0 Å². The monoisotopic (exact) mass is 383 g/mol. The zero-order chi connectivity index (χ0) is 19.7. The summed E-state index contributed by atoms with van der Waals surface area (Å²) in [6.07, 6.45) is 6.78. The van der Waals surface area contributed by atoms with E-state index in [1.807, 2.05) is 0 Å². The molecule has 0 spiro atoms. The molecule has 0 saturated heterocycles. The maximum Gasteiger partial charge on any atom is 0.267 e. The number of carbonyl (C=O) groups is 1. The van der Waals surface area contributed by atoms with Gasteiger partial charge in [-0.05, 0) is 48.8 Å². The minimum atomic E-state index is -0.508. The van der Waals surface area contributed by atoms with Gasteiger partial charge in [-0.2, -0.15) is 5.10 Å². The standard InChI is InChI=1S/C21H22FN3O3/c1-28-16-4-5-17(18(22)10-16)19-6-7-21(27)25(24-19)12-20(26)23-11-15-9-13-2-3-14(15)8-13/h2-7,10,13-15H,8-9,11-12H2,1H3,(H,23,26)/t13-,14-,15-/m1/s1. The summed E-state index contributed by atoms with van der Waals surface area (Å²) in [4.78, 5) is 24.4. The molecule has 0 aliphatic heterocycles. The lowest BCUT2D eigenvalue weighted by atomic mass is 9.94. The molecule has 1 saturated carbocycles. The van der Waals surface area contributed by atoms with Gasteiger partial charge in [-0.3, -0.25) is 9.59 Å². The second-order valence-electron chi connectivity index (χ2n) is 7.40. The Balaban J connectivity index is 1.44. The predicted octanol–water partition coefficient (Wildman–Crippen LogP) is 2.39. The van der Waals surface area contributed by atoms with Gasteiger partial charge in [-0.1, -0.05) is 12.2 Å². The van der Waals surface area contributed by atoms with Crippen molar-refractivity contribution in [3.05, 3.63) is 58.7 Å². The van der Waals surface area contributed by atoms with Crippen LogP contribution in [0.5, 0.6) is 5.75 Å². The van der Waals surface area contributed by atoms with Gasteiger partial charge >= 0.3 is 0 Å². The first kappa shape index (κ1) is 18.4. The molecule has 1 N–H and O–H groups in total. The number of aromatic nitrogens is 2. The maximum atomic E-state index is 14.3. The Hall–Kier alpha value is -2.96. The second-order valence-corrected chi connectivity index (χ2v) is 7.40. The van der Waals surface area contributed by atoms with Crippen LogP contribution in [-0.4, -0.2) is 29.3 Å². The highest BCUT2D eigenvalue weighted by Gasteiger charge is 2.35. The largest absolute Gasteiger partial charge is 0.497 e. The summed E-state index contributed by atoms with van der Waals surface area (Å²) in [6.45, 7) is 0.410. The fourth-order valence-electron chi connectivity index (χ4n) is 4.10. The van der Waals surface area contributed by atoms with Gasteiger partial charge in [0.2, 0.25) is 5.91 Å². The highest BCUT2D eigenvalue weighted by molar-refractivity contribution is 5.75. The Morgan fingerprint density at radius 2 is 2.14 bits per heavy atom. The molecule has 146 valence electrons. The van der Waals surface area contributed by atoms with E-state index in [2.05, 4.69) is 22.6 Å². The Labute approximate surface area is 162 Å². The highest BCUT2D eigenvalue weighted by Crippen LogP contribution is 2.42. The van der Waals surface area contributed by atoms with Gasteiger partial charge < -0.3 is 10.1 Å². The minimum Gasteiger partial charge on any atom is -0.497 e. The summed E-state index contributed by atoms with van der Waals surface area (Å²) in [5.74, 6) is 1.27. The number of fused-ring (bicyclic) bond motifs is 2. The molecular weight excluding hydrogens is 361 g/mol. The van der Waals surface area contributed by atoms with Gasteiger partial charge in [0.1, 0.15) is 18.1 Å². The SMILES string of the molecule is COc1ccc(-c2ccc(=O)n(CC(=O)NC[C@H]3C[C@@H]4C=C[C@@H]3C4)n2)c(F)c1. The van der Waals surface area contributed by atoms with Crippen LogP contribution in [-0.2, 0) is 11.3 Å². The van der Waals surface area contributed by atoms with Crippen LogP contribution in [0.4, 0.5) is 4.39 Å². The summed E-state index contributed by atoms with van der Waals surface area (Å²) in [6, 6.07) is 7.15. The summed E-state index contributed by atoms with van der Waals surface area (Å²) in [5, 5.41) is 7.08. The van der Waals surface area contributed by atoms with Gasteiger partial charge in [0.05, 0.1) is 12.8 Å². The van der Waals surface area contributed by atoms with Crippen molar-refractivity contribution in [1.82, 2.24) is 15.1 Å². The normalized spacial score (nSPS) is 22.4. The van der Waals surface area contributed by atoms with Gasteiger partial charge in [0.25, 0.3) is 5.56 Å². The van der Waals surface area contributed by atoms with E-state index in [0.717, 1.165) is 11.1 Å². The van der Waals surface area contributed by atoms with Crippen LogP contribution in [0.3, 0.4) is 0 Å². The fraction of sp³-hybridized carbons (Fsp3) is 0.381. The minimum absolute atomic E-state index is 0.193. The number of allylic oxidation sites excluding steroid dienone is 2. The van der Waals surface area contributed by atoms with Crippen LogP contribution in [0.1, 0.15) is 12.8 Å². The number of rotatable bonds is 6. The van der Waals surface area contributed by atoms with E-state index in [1.165, 1.54) is 37.8 Å². The number of hydrogen-bond donors (Lipinski definition) is 1. The Bertz CT molecular complexity index is 985. The van der Waals surface area contributed by atoms with Gasteiger partial charge in [0, 0.05) is 24.2 Å². The average Bonchev–Trinajstić information content (AvgIpc) is 3.31. The molecule has 7 heteroatoms. The van der Waals surface area contributed by atoms with Gasteiger partial charge in [-0.25, -0.2) is 9.07 Å². The third kappa shape index (κ3) is 3.69. The van der Waals surface area contributed by atoms with E-state index >= 15 is 0 Å². The molecule has 0 unspecified atom stereocenters. The molecule has 2 bridgehead atoms. The zero-order valence-corrected chi connectivity index (χ0v) is 15.6. The topological polar surface area (TPSA) is 73.2 Å². The van der Waals surface area contributed by atoms with E-state index in [0.29, 0.717) is 30.0 Å². The first-order chi connectivity index (χ1) is 13.5. The number of hydrogen-bond acceptors (Lipinski definition) is 4. The molecule has 1 amide bonds. The number of nitrogens with zero attached hydrogens (tertiary/aromatic N) is 2. The smallest absolute Gasteiger partial charge is 0.267 e. The number of methoxy groups -OCH3 is 1. The third-order valence-electron chi connectivity index (χ3n) is 5.59. The molecule has 2 aromatic rings. The number of benzene rings is 1. The van der Waals surface area contributed by atoms with Crippen molar-refractivity contribution < 1.29 is 13.9 Å². The van der Waals surface area contributed by atoms with Crippen molar-refractivity contribution in [3.63, 3.8) is 0 Å². The van der Waals surface area contributed by atoms with Crippen LogP contribution in [0, 0.1) is 23.6 Å². The molecule has 28 heavy (non-hydrogen) atoms. The fourth-order valence-corrected chi connectivity index (χ4v) is 4.10. The molecule has 3 atom stereocenters. The molecule has 1 aromatic carbocycles. The summed E-state index contributed by atoms with van der Waals surface area (Å²) >= 11 is 0. The van der Waals surface area contributed by atoms with E-state index < -0.39 is 11.4 Å². The first-order valence-corrected chi connectivity index (χ1v) is 9.40. The van der Waals surface area contributed by atoms with Crippen LogP contribution in [0.2, 0.25) is 0 Å². The quantitative estimate of drug-likeness (QED) is 0.778. The van der Waals surface area contributed by atoms with Crippen LogP contribution in [0.15, 0.2) is 47.3 Å². The van der Waals surface area contributed by atoms with Gasteiger partial charge in [0.15, 0.2) is 0 Å². The Morgan fingerprint density at radius 1 is 1.29 bits per heavy atom. The molecule has 1 aromatic heterocycles. The lowest BCUT2D eigenvalue weighted by Crippen LogP contribution is -2.36. The lowest BCUT2D eigenvalue weighted by molar-refractivity contribution is -0.122. The molecule has 1 heterocycles. The maximum absolute atomic E-state index is 14.3. The summed E-state index contributed by atoms with van der Waals surface area (Å²) in [5.41, 5.74) is 0.116. The molecule has 0 radical (unpaired) electrons. The van der Waals surface area contributed by atoms with E-state index in [9.17, 15) is 14.0 Å². The summed E-state index contributed by atoms with van der Waals surface area (Å²) < 4.78 is 20.4. The van der Waals surface area contributed by atoms with Crippen molar-refractivity contribution in [2.24, 2.45) is 17.8 Å². The highest BCUT2D eigenvalue weighted by atomic mass is 19.1. The molecular formula is C21H22FN3O3. The van der Waals surface area contributed by atoms with Crippen LogP contribution < -0.4 is 15.6 Å². The number of halogens is 1. The number of amides is 1. The van der Waals surface area contributed by atoms with Crippen molar-refractivity contribution in [2.45, 2.75) is 19.4 Å². The van der Waals surface area contributed by atoms with E-state index in [1.54, 1.807) is 6.07 Å². The molecule has 6 nitrogen and oxygen atoms in total. The molecule has 2 aliphatic rings. The Morgan fingerprint density at radius 3 is 2.82 bits per heavy atom. The summed E-state index contributed by atoms with van der Waals surface area (Å²) in [7, 11) is 1.46. The van der Waals surface area contributed by atoms with Crippen molar-refractivity contribution in [2.75, 3.05) is 13.7 Å². The third-order valence-corrected chi connectivity index (χ3v) is 5.59. The number of nitrogens with one attached hydrogen (secondary N) is 1. The molecule has 4 rings (SSSR count). The van der Waals surface area contributed by atoms with Crippen molar-refractivity contribution in [3.8, 4) is 17.0 Å².